The van der Waals surface area contributed by atoms with Crippen molar-refractivity contribution in [3.8, 4) is 0 Å². The number of nitrogens with zero attached hydrogens (tertiary/aromatic N) is 1. The fourth-order valence-corrected chi connectivity index (χ4v) is 1.61. The molecule has 0 heterocycles. The molecule has 0 saturated carbocycles. The molecule has 0 N–H and O–H groups in total. The fourth-order valence-electron chi connectivity index (χ4n) is 1.61. The zero-order valence-electron chi connectivity index (χ0n) is 9.63. The highest BCUT2D eigenvalue weighted by molar-refractivity contribution is 5.76. The first-order valence-electron chi connectivity index (χ1n) is 5.02. The first-order valence-corrected chi connectivity index (χ1v) is 5.02. The van der Waals surface area contributed by atoms with Crippen molar-refractivity contribution >= 4 is 5.78 Å². The van der Waals surface area contributed by atoms with Gasteiger partial charge in [-0.05, 0) is 27.1 Å². The predicted octanol–water partition coefficient (Wildman–Crippen LogP) is 2.55. The van der Waals surface area contributed by atoms with Crippen molar-refractivity contribution in [3.05, 3.63) is 35.4 Å². The third kappa shape index (κ3) is 3.10. The van der Waals surface area contributed by atoms with E-state index in [1.807, 2.05) is 0 Å². The molecule has 0 aliphatic heterocycles. The van der Waals surface area contributed by atoms with E-state index in [9.17, 15) is 13.6 Å². The number of hydrogen-bond donors (Lipinski definition) is 0. The van der Waals surface area contributed by atoms with Crippen LogP contribution < -0.4 is 0 Å². The van der Waals surface area contributed by atoms with Crippen molar-refractivity contribution in [2.45, 2.75) is 19.4 Å². The van der Waals surface area contributed by atoms with Crippen LogP contribution in [-0.4, -0.2) is 24.8 Å². The van der Waals surface area contributed by atoms with Gasteiger partial charge >= 0.3 is 0 Å². The summed E-state index contributed by atoms with van der Waals surface area (Å²) in [5.41, 5.74) is 0.349. The summed E-state index contributed by atoms with van der Waals surface area (Å²) in [6.45, 7) is 1.46. The van der Waals surface area contributed by atoms with E-state index >= 15 is 0 Å². The van der Waals surface area contributed by atoms with Gasteiger partial charge in [0.1, 0.15) is 17.4 Å². The number of hydrogen-bond acceptors (Lipinski definition) is 2. The molecule has 0 saturated heterocycles. The van der Waals surface area contributed by atoms with Crippen LogP contribution in [0.3, 0.4) is 0 Å². The summed E-state index contributed by atoms with van der Waals surface area (Å²) in [6.07, 6.45) is 0.218. The Balaban J connectivity index is 3.05. The van der Waals surface area contributed by atoms with Crippen molar-refractivity contribution in [1.29, 1.82) is 0 Å². The third-order valence-corrected chi connectivity index (χ3v) is 2.43. The second-order valence-electron chi connectivity index (χ2n) is 4.05. The highest BCUT2D eigenvalue weighted by atomic mass is 19.1. The second-order valence-corrected chi connectivity index (χ2v) is 4.05. The van der Waals surface area contributed by atoms with Crippen LogP contribution in [0.5, 0.6) is 0 Å². The summed E-state index contributed by atoms with van der Waals surface area (Å²) in [7, 11) is 3.52. The van der Waals surface area contributed by atoms with Gasteiger partial charge in [-0.2, -0.15) is 0 Å². The van der Waals surface area contributed by atoms with E-state index in [1.54, 1.807) is 19.0 Å². The Morgan fingerprint density at radius 2 is 2.00 bits per heavy atom. The normalized spacial score (nSPS) is 12.9. The highest BCUT2D eigenvalue weighted by Gasteiger charge is 2.19. The molecule has 1 aromatic rings. The number of benzene rings is 1. The molecule has 2 nitrogen and oxygen atoms in total. The van der Waals surface area contributed by atoms with Gasteiger partial charge in [0, 0.05) is 24.1 Å². The number of Topliss-reactive ketones (excluding diaryl/α,β-unsaturated/α-hetero) is 1. The molecule has 1 atom stereocenters. The van der Waals surface area contributed by atoms with Crippen LogP contribution in [0.15, 0.2) is 18.2 Å². The van der Waals surface area contributed by atoms with Crippen LogP contribution in [0.2, 0.25) is 0 Å². The van der Waals surface area contributed by atoms with Gasteiger partial charge in [0.25, 0.3) is 0 Å². The minimum Gasteiger partial charge on any atom is -0.302 e. The van der Waals surface area contributed by atoms with Crippen molar-refractivity contribution in [2.75, 3.05) is 14.1 Å². The standard InChI is InChI=1S/C12H15F2NO/c1-8(16)6-12(15(2)3)10-5-4-9(13)7-11(10)14/h4-5,7,12H,6H2,1-3H3. The Kier molecular flexibility index (Phi) is 4.12. The minimum atomic E-state index is -0.611. The lowest BCUT2D eigenvalue weighted by molar-refractivity contribution is -0.118. The predicted molar refractivity (Wildman–Crippen MR) is 58.1 cm³/mol. The van der Waals surface area contributed by atoms with E-state index < -0.39 is 11.6 Å². The van der Waals surface area contributed by atoms with Crippen LogP contribution in [0.1, 0.15) is 24.9 Å². The molecule has 0 radical (unpaired) electrons. The molecule has 0 bridgehead atoms. The number of halogens is 2. The molecule has 0 fully saturated rings. The van der Waals surface area contributed by atoms with E-state index in [0.29, 0.717) is 5.56 Å². The van der Waals surface area contributed by atoms with Gasteiger partial charge in [-0.3, -0.25) is 4.79 Å². The molecule has 0 spiro atoms. The van der Waals surface area contributed by atoms with E-state index in [2.05, 4.69) is 0 Å². The summed E-state index contributed by atoms with van der Waals surface area (Å²) in [5, 5.41) is 0. The molecule has 1 unspecified atom stereocenters. The lowest BCUT2D eigenvalue weighted by atomic mass is 10.0. The van der Waals surface area contributed by atoms with Crippen LogP contribution >= 0.6 is 0 Å². The van der Waals surface area contributed by atoms with Crippen LogP contribution in [-0.2, 0) is 4.79 Å². The number of carbonyl (C=O) groups is 1. The number of carbonyl (C=O) groups excluding carboxylic acids is 1. The number of rotatable bonds is 4. The molecule has 88 valence electrons. The quantitative estimate of drug-likeness (QED) is 0.787. The number of ketones is 1. The van der Waals surface area contributed by atoms with E-state index in [1.165, 1.54) is 19.1 Å². The van der Waals surface area contributed by atoms with Gasteiger partial charge in [0.2, 0.25) is 0 Å². The van der Waals surface area contributed by atoms with Crippen LogP contribution in [0.25, 0.3) is 0 Å². The molecule has 1 aromatic carbocycles. The zero-order chi connectivity index (χ0) is 12.3. The highest BCUT2D eigenvalue weighted by Crippen LogP contribution is 2.25. The molecule has 0 aliphatic carbocycles. The zero-order valence-corrected chi connectivity index (χ0v) is 9.63. The molecule has 1 rings (SSSR count). The topological polar surface area (TPSA) is 20.3 Å². The van der Waals surface area contributed by atoms with Gasteiger partial charge in [-0.25, -0.2) is 8.78 Å². The largest absolute Gasteiger partial charge is 0.302 e. The molecular formula is C12H15F2NO. The maximum Gasteiger partial charge on any atom is 0.131 e. The lowest BCUT2D eigenvalue weighted by Crippen LogP contribution is -2.23. The average Bonchev–Trinajstić information content (AvgIpc) is 2.14. The Bertz CT molecular complexity index is 391. The molecule has 4 heteroatoms. The second kappa shape index (κ2) is 5.16. The Labute approximate surface area is 93.9 Å². The average molecular weight is 227 g/mol. The molecule has 0 aromatic heterocycles. The van der Waals surface area contributed by atoms with E-state index in [4.69, 9.17) is 0 Å². The molecule has 0 amide bonds. The smallest absolute Gasteiger partial charge is 0.131 e. The SMILES string of the molecule is CC(=O)CC(c1ccc(F)cc1F)N(C)C. The summed E-state index contributed by atoms with van der Waals surface area (Å²) in [6, 6.07) is 3.08. The Morgan fingerprint density at radius 3 is 2.44 bits per heavy atom. The van der Waals surface area contributed by atoms with Crippen molar-refractivity contribution < 1.29 is 13.6 Å². The molecule has 16 heavy (non-hydrogen) atoms. The first kappa shape index (κ1) is 12.8. The summed E-state index contributed by atoms with van der Waals surface area (Å²) in [5.74, 6) is -1.25. The monoisotopic (exact) mass is 227 g/mol. The van der Waals surface area contributed by atoms with Crippen molar-refractivity contribution in [2.24, 2.45) is 0 Å². The van der Waals surface area contributed by atoms with Gasteiger partial charge in [0.15, 0.2) is 0 Å². The van der Waals surface area contributed by atoms with Gasteiger partial charge in [0.05, 0.1) is 0 Å². The maximum atomic E-state index is 13.5. The van der Waals surface area contributed by atoms with Crippen LogP contribution in [0.4, 0.5) is 8.78 Å². The summed E-state index contributed by atoms with van der Waals surface area (Å²) >= 11 is 0. The molecule has 0 aliphatic rings. The van der Waals surface area contributed by atoms with Gasteiger partial charge < -0.3 is 4.90 Å². The maximum absolute atomic E-state index is 13.5. The first-order chi connectivity index (χ1) is 7.41. The Morgan fingerprint density at radius 1 is 1.38 bits per heavy atom. The van der Waals surface area contributed by atoms with E-state index in [0.717, 1.165) is 6.07 Å². The van der Waals surface area contributed by atoms with Crippen LogP contribution in [0, 0.1) is 11.6 Å². The van der Waals surface area contributed by atoms with Gasteiger partial charge in [-0.1, -0.05) is 6.07 Å². The van der Waals surface area contributed by atoms with E-state index in [-0.39, 0.29) is 18.2 Å². The van der Waals surface area contributed by atoms with Gasteiger partial charge in [-0.15, -0.1) is 0 Å². The van der Waals surface area contributed by atoms with Crippen molar-refractivity contribution in [1.82, 2.24) is 4.90 Å². The lowest BCUT2D eigenvalue weighted by Gasteiger charge is -2.24. The molecular weight excluding hydrogens is 212 g/mol. The van der Waals surface area contributed by atoms with Crippen molar-refractivity contribution in [3.63, 3.8) is 0 Å². The summed E-state index contributed by atoms with van der Waals surface area (Å²) < 4.78 is 26.3. The Hall–Kier alpha value is -1.29. The third-order valence-electron chi connectivity index (χ3n) is 2.43. The summed E-state index contributed by atoms with van der Waals surface area (Å²) in [4.78, 5) is 12.8. The fraction of sp³-hybridized carbons (Fsp3) is 0.417. The minimum absolute atomic E-state index is 0.0255.